The number of hydrogen-bond donors (Lipinski definition) is 2. The Hall–Kier alpha value is -1.87. The fraction of sp³-hybridized carbons (Fsp3) is 0. The van der Waals surface area contributed by atoms with Crippen molar-refractivity contribution in [3.63, 3.8) is 0 Å². The van der Waals surface area contributed by atoms with E-state index < -0.39 is 0 Å². The molecule has 0 saturated carbocycles. The zero-order valence-corrected chi connectivity index (χ0v) is 9.50. The van der Waals surface area contributed by atoms with Crippen LogP contribution in [0.1, 0.15) is 0 Å². The summed E-state index contributed by atoms with van der Waals surface area (Å²) in [5.74, 6) is 0. The third kappa shape index (κ3) is 2.81. The monoisotopic (exact) mass is 228 g/mol. The number of para-hydroxylation sites is 1. The summed E-state index contributed by atoms with van der Waals surface area (Å²) in [6.07, 6.45) is 0. The van der Waals surface area contributed by atoms with Crippen LogP contribution < -0.4 is 10.6 Å². The van der Waals surface area contributed by atoms with Crippen LogP contribution in [0.4, 0.5) is 17.1 Å². The molecule has 2 aromatic carbocycles. The van der Waals surface area contributed by atoms with E-state index in [9.17, 15) is 0 Å². The van der Waals surface area contributed by atoms with E-state index in [1.54, 1.807) is 0 Å². The van der Waals surface area contributed by atoms with Crippen LogP contribution >= 0.6 is 12.2 Å². The Morgan fingerprint density at radius 1 is 0.750 bits per heavy atom. The van der Waals surface area contributed by atoms with Gasteiger partial charge in [0, 0.05) is 17.1 Å². The van der Waals surface area contributed by atoms with Crippen LogP contribution in [0.5, 0.6) is 0 Å². The highest BCUT2D eigenvalue weighted by Crippen LogP contribution is 2.18. The third-order valence-corrected chi connectivity index (χ3v) is 2.29. The number of benzene rings is 2. The summed E-state index contributed by atoms with van der Waals surface area (Å²) in [5, 5.41) is 6.27. The summed E-state index contributed by atoms with van der Waals surface area (Å²) < 4.78 is 0. The number of thiocarbonyl (C=S) groups is 1. The number of rotatable bonds is 4. The van der Waals surface area contributed by atoms with E-state index in [0.29, 0.717) is 0 Å². The van der Waals surface area contributed by atoms with Gasteiger partial charge in [0.15, 0.2) is 0 Å². The zero-order chi connectivity index (χ0) is 11.2. The largest absolute Gasteiger partial charge is 0.356 e. The van der Waals surface area contributed by atoms with Crippen molar-refractivity contribution >= 4 is 34.8 Å². The number of nitrogens with one attached hydrogen (secondary N) is 2. The highest BCUT2D eigenvalue weighted by Gasteiger charge is 1.93. The van der Waals surface area contributed by atoms with Gasteiger partial charge in [-0.15, -0.1) is 0 Å². The van der Waals surface area contributed by atoms with Gasteiger partial charge in [-0.2, -0.15) is 0 Å². The smallest absolute Gasteiger partial charge is 0.0658 e. The molecule has 2 nitrogen and oxygen atoms in total. The van der Waals surface area contributed by atoms with Gasteiger partial charge in [-0.05, 0) is 36.4 Å². The van der Waals surface area contributed by atoms with Crippen molar-refractivity contribution < 1.29 is 0 Å². The van der Waals surface area contributed by atoms with Crippen LogP contribution in [0.3, 0.4) is 0 Å². The van der Waals surface area contributed by atoms with Crippen molar-refractivity contribution in [1.82, 2.24) is 0 Å². The predicted molar refractivity (Wildman–Crippen MR) is 73.4 cm³/mol. The van der Waals surface area contributed by atoms with E-state index in [1.165, 1.54) is 5.49 Å². The van der Waals surface area contributed by atoms with E-state index in [0.717, 1.165) is 17.1 Å². The molecule has 0 fully saturated rings. The molecule has 0 radical (unpaired) electrons. The molecular formula is C13H12N2S. The second kappa shape index (κ2) is 5.28. The van der Waals surface area contributed by atoms with Gasteiger partial charge in [0.2, 0.25) is 0 Å². The first-order chi connectivity index (χ1) is 7.88. The molecule has 0 spiro atoms. The van der Waals surface area contributed by atoms with E-state index >= 15 is 0 Å². The molecule has 0 aliphatic carbocycles. The van der Waals surface area contributed by atoms with Crippen LogP contribution in [0.2, 0.25) is 0 Å². The Morgan fingerprint density at radius 3 is 1.94 bits per heavy atom. The van der Waals surface area contributed by atoms with Gasteiger partial charge in [-0.1, -0.05) is 30.4 Å². The first-order valence-electron chi connectivity index (χ1n) is 5.01. The average Bonchev–Trinajstić information content (AvgIpc) is 2.33. The molecule has 0 aliphatic rings. The van der Waals surface area contributed by atoms with Crippen molar-refractivity contribution in [2.24, 2.45) is 0 Å². The van der Waals surface area contributed by atoms with Crippen molar-refractivity contribution in [3.05, 3.63) is 54.6 Å². The standard InChI is InChI=1S/C13H12N2S/c16-10-14-11-6-8-13(9-7-11)15-12-4-2-1-3-5-12/h1-10,15H,(H,14,16). The quantitative estimate of drug-likeness (QED) is 0.778. The molecule has 0 unspecified atom stereocenters. The summed E-state index contributed by atoms with van der Waals surface area (Å²) in [6.45, 7) is 0. The molecule has 2 rings (SSSR count). The minimum atomic E-state index is 0.994. The van der Waals surface area contributed by atoms with Gasteiger partial charge in [-0.3, -0.25) is 0 Å². The van der Waals surface area contributed by atoms with Gasteiger partial charge in [0.1, 0.15) is 0 Å². The Balaban J connectivity index is 2.08. The first kappa shape index (κ1) is 10.6. The van der Waals surface area contributed by atoms with Gasteiger partial charge < -0.3 is 10.6 Å². The van der Waals surface area contributed by atoms with Crippen LogP contribution in [-0.4, -0.2) is 5.49 Å². The lowest BCUT2D eigenvalue weighted by Crippen LogP contribution is -1.93. The maximum Gasteiger partial charge on any atom is 0.0658 e. The zero-order valence-electron chi connectivity index (χ0n) is 8.68. The molecule has 3 heteroatoms. The molecule has 0 aliphatic heterocycles. The first-order valence-corrected chi connectivity index (χ1v) is 5.48. The maximum atomic E-state index is 4.72. The molecular weight excluding hydrogens is 216 g/mol. The summed E-state index contributed by atoms with van der Waals surface area (Å²) in [6, 6.07) is 18.0. The van der Waals surface area contributed by atoms with Crippen LogP contribution in [0.25, 0.3) is 0 Å². The van der Waals surface area contributed by atoms with Crippen LogP contribution in [-0.2, 0) is 0 Å². The third-order valence-electron chi connectivity index (χ3n) is 2.17. The molecule has 0 heterocycles. The lowest BCUT2D eigenvalue weighted by molar-refractivity contribution is 1.55. The van der Waals surface area contributed by atoms with Crippen molar-refractivity contribution in [3.8, 4) is 0 Å². The normalized spacial score (nSPS) is 9.50. The minimum absolute atomic E-state index is 0.994. The van der Waals surface area contributed by atoms with Crippen LogP contribution in [0, 0.1) is 0 Å². The topological polar surface area (TPSA) is 24.1 Å². The van der Waals surface area contributed by atoms with E-state index in [2.05, 4.69) is 10.6 Å². The fourth-order valence-corrected chi connectivity index (χ4v) is 1.54. The molecule has 16 heavy (non-hydrogen) atoms. The highest BCUT2D eigenvalue weighted by atomic mass is 32.1. The van der Waals surface area contributed by atoms with Crippen molar-refractivity contribution in [1.29, 1.82) is 0 Å². The van der Waals surface area contributed by atoms with Gasteiger partial charge in [0.05, 0.1) is 5.49 Å². The lowest BCUT2D eigenvalue weighted by atomic mass is 10.2. The molecule has 0 atom stereocenters. The molecule has 0 bridgehead atoms. The molecule has 0 saturated heterocycles. The van der Waals surface area contributed by atoms with E-state index in [4.69, 9.17) is 12.2 Å². The van der Waals surface area contributed by atoms with E-state index in [1.807, 2.05) is 54.6 Å². The summed E-state index contributed by atoms with van der Waals surface area (Å²) in [4.78, 5) is 0. The average molecular weight is 228 g/mol. The Labute approximate surface area is 100 Å². The lowest BCUT2D eigenvalue weighted by Gasteiger charge is -2.06. The summed E-state index contributed by atoms with van der Waals surface area (Å²) in [5.41, 5.74) is 4.63. The highest BCUT2D eigenvalue weighted by molar-refractivity contribution is 7.79. The number of anilines is 3. The Bertz CT molecular complexity index is 451. The molecule has 0 aromatic heterocycles. The maximum absolute atomic E-state index is 4.72. The molecule has 2 aromatic rings. The SMILES string of the molecule is S=CNc1ccc(Nc2ccccc2)cc1. The molecule has 0 amide bonds. The Morgan fingerprint density at radius 2 is 1.31 bits per heavy atom. The second-order valence-corrected chi connectivity index (χ2v) is 3.57. The predicted octanol–water partition coefficient (Wildman–Crippen LogP) is 3.80. The summed E-state index contributed by atoms with van der Waals surface area (Å²) >= 11 is 4.72. The number of hydrogen-bond acceptors (Lipinski definition) is 2. The Kier molecular flexibility index (Phi) is 3.51. The minimum Gasteiger partial charge on any atom is -0.356 e. The summed E-state index contributed by atoms with van der Waals surface area (Å²) in [7, 11) is 0. The van der Waals surface area contributed by atoms with Crippen LogP contribution in [0.15, 0.2) is 54.6 Å². The van der Waals surface area contributed by atoms with Gasteiger partial charge in [-0.25, -0.2) is 0 Å². The van der Waals surface area contributed by atoms with E-state index in [-0.39, 0.29) is 0 Å². The van der Waals surface area contributed by atoms with Crippen molar-refractivity contribution in [2.45, 2.75) is 0 Å². The van der Waals surface area contributed by atoms with Gasteiger partial charge in [0.25, 0.3) is 0 Å². The molecule has 80 valence electrons. The fourth-order valence-electron chi connectivity index (χ4n) is 1.41. The second-order valence-electron chi connectivity index (χ2n) is 3.33. The van der Waals surface area contributed by atoms with Crippen molar-refractivity contribution in [2.75, 3.05) is 10.6 Å². The van der Waals surface area contributed by atoms with Gasteiger partial charge >= 0.3 is 0 Å². The molecule has 2 N–H and O–H groups in total.